The van der Waals surface area contributed by atoms with Gasteiger partial charge in [0.1, 0.15) is 0 Å². The van der Waals surface area contributed by atoms with Gasteiger partial charge in [-0.3, -0.25) is 4.79 Å². The third-order valence-corrected chi connectivity index (χ3v) is 6.23. The van der Waals surface area contributed by atoms with Crippen molar-refractivity contribution in [2.75, 3.05) is 40.8 Å². The molecule has 0 radical (unpaired) electrons. The lowest BCUT2D eigenvalue weighted by molar-refractivity contribution is 0.145. The standard InChI is InChI=1S/C26H31N3O6S/c1-4-33-9-5-8-27-26(36)29(14-17-6-7-21-24(10-17)35-16-34-21)15-19-11-18-12-22(31-2)23(32-3)13-20(18)28-25(19)30/h6-7,10-13H,4-5,8-9,14-16H2,1-3H3,(H,27,36)(H,28,30). The van der Waals surface area contributed by atoms with Gasteiger partial charge in [-0.1, -0.05) is 6.07 Å². The van der Waals surface area contributed by atoms with E-state index >= 15 is 0 Å². The Labute approximate surface area is 215 Å². The van der Waals surface area contributed by atoms with Crippen molar-refractivity contribution in [3.63, 3.8) is 0 Å². The summed E-state index contributed by atoms with van der Waals surface area (Å²) < 4.78 is 27.2. The van der Waals surface area contributed by atoms with E-state index in [-0.39, 0.29) is 12.4 Å². The van der Waals surface area contributed by atoms with Gasteiger partial charge in [-0.25, -0.2) is 0 Å². The summed E-state index contributed by atoms with van der Waals surface area (Å²) in [7, 11) is 3.14. The monoisotopic (exact) mass is 513 g/mol. The van der Waals surface area contributed by atoms with Crippen LogP contribution in [0, 0.1) is 0 Å². The molecule has 0 spiro atoms. The molecule has 192 valence electrons. The van der Waals surface area contributed by atoms with E-state index in [2.05, 4.69) is 10.3 Å². The molecule has 0 saturated heterocycles. The molecule has 9 nitrogen and oxygen atoms in total. The van der Waals surface area contributed by atoms with Gasteiger partial charge < -0.3 is 38.9 Å². The van der Waals surface area contributed by atoms with Crippen LogP contribution in [0.15, 0.2) is 41.2 Å². The number of pyridine rings is 1. The van der Waals surface area contributed by atoms with Crippen LogP contribution < -0.4 is 29.8 Å². The van der Waals surface area contributed by atoms with Crippen LogP contribution in [0.2, 0.25) is 0 Å². The fourth-order valence-electron chi connectivity index (χ4n) is 3.99. The molecular weight excluding hydrogens is 482 g/mol. The second-order valence-corrected chi connectivity index (χ2v) is 8.63. The summed E-state index contributed by atoms with van der Waals surface area (Å²) in [4.78, 5) is 17.9. The first kappa shape index (κ1) is 25.6. The van der Waals surface area contributed by atoms with E-state index in [9.17, 15) is 4.79 Å². The molecule has 2 heterocycles. The maximum absolute atomic E-state index is 13.0. The first-order valence-electron chi connectivity index (χ1n) is 11.8. The lowest BCUT2D eigenvalue weighted by atomic mass is 10.1. The number of nitrogens with zero attached hydrogens (tertiary/aromatic N) is 1. The summed E-state index contributed by atoms with van der Waals surface area (Å²) in [5.41, 5.74) is 2.04. The summed E-state index contributed by atoms with van der Waals surface area (Å²) in [6, 6.07) is 11.3. The highest BCUT2D eigenvalue weighted by Gasteiger charge is 2.18. The van der Waals surface area contributed by atoms with Crippen LogP contribution in [-0.4, -0.2) is 55.8 Å². The van der Waals surface area contributed by atoms with E-state index in [4.69, 9.17) is 35.9 Å². The average molecular weight is 514 g/mol. The molecule has 1 aromatic heterocycles. The normalized spacial score (nSPS) is 12.0. The molecule has 1 aliphatic rings. The third-order valence-electron chi connectivity index (χ3n) is 5.83. The Morgan fingerprint density at radius 3 is 2.64 bits per heavy atom. The minimum atomic E-state index is -0.190. The molecule has 2 aromatic carbocycles. The Hall–Kier alpha value is -3.50. The number of ether oxygens (including phenoxy) is 5. The van der Waals surface area contributed by atoms with Gasteiger partial charge in [0.25, 0.3) is 5.56 Å². The Kier molecular flexibility index (Phi) is 8.50. The van der Waals surface area contributed by atoms with Crippen molar-refractivity contribution in [1.29, 1.82) is 0 Å². The lowest BCUT2D eigenvalue weighted by Crippen LogP contribution is -2.40. The van der Waals surface area contributed by atoms with E-state index in [1.54, 1.807) is 20.3 Å². The fraction of sp³-hybridized carbons (Fsp3) is 0.385. The van der Waals surface area contributed by atoms with E-state index in [1.165, 1.54) is 0 Å². The number of aromatic amines is 1. The van der Waals surface area contributed by atoms with Crippen molar-refractivity contribution in [2.24, 2.45) is 0 Å². The Bertz CT molecular complexity index is 1280. The highest BCUT2D eigenvalue weighted by molar-refractivity contribution is 7.80. The first-order chi connectivity index (χ1) is 17.5. The van der Waals surface area contributed by atoms with Crippen LogP contribution in [0.1, 0.15) is 24.5 Å². The first-order valence-corrected chi connectivity index (χ1v) is 12.2. The van der Waals surface area contributed by atoms with Gasteiger partial charge in [0, 0.05) is 43.3 Å². The van der Waals surface area contributed by atoms with E-state index < -0.39 is 0 Å². The predicted octanol–water partition coefficient (Wildman–Crippen LogP) is 3.58. The van der Waals surface area contributed by atoms with Crippen LogP contribution >= 0.6 is 12.2 Å². The quantitative estimate of drug-likeness (QED) is 0.295. The van der Waals surface area contributed by atoms with Crippen molar-refractivity contribution >= 4 is 28.2 Å². The fourth-order valence-corrected chi connectivity index (χ4v) is 4.22. The number of rotatable bonds is 11. The SMILES string of the molecule is CCOCCCNC(=S)N(Cc1ccc2c(c1)OCO2)Cc1cc2cc(OC)c(OC)cc2[nH]c1=O. The number of hydrogen-bond donors (Lipinski definition) is 2. The van der Waals surface area contributed by atoms with E-state index in [0.717, 1.165) is 23.1 Å². The molecule has 10 heteroatoms. The van der Waals surface area contributed by atoms with Gasteiger partial charge in [-0.15, -0.1) is 0 Å². The highest BCUT2D eigenvalue weighted by atomic mass is 32.1. The molecule has 2 N–H and O–H groups in total. The number of nitrogens with one attached hydrogen (secondary N) is 2. The molecule has 36 heavy (non-hydrogen) atoms. The third kappa shape index (κ3) is 6.00. The van der Waals surface area contributed by atoms with E-state index in [1.807, 2.05) is 42.2 Å². The van der Waals surface area contributed by atoms with Gasteiger partial charge in [0.05, 0.1) is 26.3 Å². The number of benzene rings is 2. The van der Waals surface area contributed by atoms with Crippen molar-refractivity contribution in [3.8, 4) is 23.0 Å². The Morgan fingerprint density at radius 1 is 1.08 bits per heavy atom. The number of methoxy groups -OCH3 is 2. The number of hydrogen-bond acceptors (Lipinski definition) is 7. The van der Waals surface area contributed by atoms with Gasteiger partial charge in [0.15, 0.2) is 28.1 Å². The zero-order valence-electron chi connectivity index (χ0n) is 20.7. The molecule has 0 atom stereocenters. The lowest BCUT2D eigenvalue weighted by Gasteiger charge is -2.26. The van der Waals surface area contributed by atoms with Gasteiger partial charge >= 0.3 is 0 Å². The minimum absolute atomic E-state index is 0.190. The Morgan fingerprint density at radius 2 is 1.86 bits per heavy atom. The topological polar surface area (TPSA) is 94.3 Å². The summed E-state index contributed by atoms with van der Waals surface area (Å²) in [5.74, 6) is 2.56. The number of fused-ring (bicyclic) bond motifs is 2. The van der Waals surface area contributed by atoms with Crippen molar-refractivity contribution in [3.05, 3.63) is 57.9 Å². The number of thiocarbonyl (C=S) groups is 1. The molecule has 0 fully saturated rings. The zero-order valence-corrected chi connectivity index (χ0v) is 21.5. The number of H-pyrrole nitrogens is 1. The smallest absolute Gasteiger partial charge is 0.253 e. The van der Waals surface area contributed by atoms with Crippen molar-refractivity contribution < 1.29 is 23.7 Å². The second-order valence-electron chi connectivity index (χ2n) is 8.24. The van der Waals surface area contributed by atoms with Crippen LogP contribution in [0.25, 0.3) is 10.9 Å². The average Bonchev–Trinajstić information content (AvgIpc) is 3.35. The molecule has 0 aliphatic carbocycles. The molecule has 0 amide bonds. The second kappa shape index (κ2) is 12.0. The molecule has 0 saturated carbocycles. The van der Waals surface area contributed by atoms with Gasteiger partial charge in [0.2, 0.25) is 6.79 Å². The van der Waals surface area contributed by atoms with Gasteiger partial charge in [-0.05, 0) is 55.4 Å². The van der Waals surface area contributed by atoms with Crippen LogP contribution in [0.4, 0.5) is 0 Å². The largest absolute Gasteiger partial charge is 0.493 e. The van der Waals surface area contributed by atoms with Crippen LogP contribution in [0.5, 0.6) is 23.0 Å². The molecule has 0 bridgehead atoms. The summed E-state index contributed by atoms with van der Waals surface area (Å²) in [5, 5.41) is 4.68. The Balaban J connectivity index is 1.59. The molecular formula is C26H31N3O6S. The molecule has 3 aromatic rings. The zero-order chi connectivity index (χ0) is 25.5. The van der Waals surface area contributed by atoms with Crippen LogP contribution in [-0.2, 0) is 17.8 Å². The number of aromatic nitrogens is 1. The van der Waals surface area contributed by atoms with Gasteiger partial charge in [-0.2, -0.15) is 0 Å². The summed E-state index contributed by atoms with van der Waals surface area (Å²) in [6.45, 7) is 4.98. The van der Waals surface area contributed by atoms with Crippen LogP contribution in [0.3, 0.4) is 0 Å². The van der Waals surface area contributed by atoms with Crippen molar-refractivity contribution in [1.82, 2.24) is 15.2 Å². The molecule has 0 unspecified atom stereocenters. The maximum Gasteiger partial charge on any atom is 0.253 e. The predicted molar refractivity (Wildman–Crippen MR) is 141 cm³/mol. The van der Waals surface area contributed by atoms with Crippen molar-refractivity contribution in [2.45, 2.75) is 26.4 Å². The van der Waals surface area contributed by atoms with E-state index in [0.29, 0.717) is 66.3 Å². The maximum atomic E-state index is 13.0. The highest BCUT2D eigenvalue weighted by Crippen LogP contribution is 2.33. The molecule has 4 rings (SSSR count). The molecule has 1 aliphatic heterocycles. The minimum Gasteiger partial charge on any atom is -0.493 e. The summed E-state index contributed by atoms with van der Waals surface area (Å²) in [6.07, 6.45) is 0.823. The summed E-state index contributed by atoms with van der Waals surface area (Å²) >= 11 is 5.73.